The first-order valence-electron chi connectivity index (χ1n) is 4.00. The smallest absolute Gasteiger partial charge is 0.188 e. The van der Waals surface area contributed by atoms with Crippen LogP contribution in [0.2, 0.25) is 0 Å². The van der Waals surface area contributed by atoms with Crippen LogP contribution >= 0.6 is 0 Å². The second-order valence-electron chi connectivity index (χ2n) is 3.38. The summed E-state index contributed by atoms with van der Waals surface area (Å²) in [6.45, 7) is 4.23. The molecule has 0 aromatic carbocycles. The summed E-state index contributed by atoms with van der Waals surface area (Å²) >= 11 is 0. The third-order valence-electron chi connectivity index (χ3n) is 1.46. The predicted octanol–water partition coefficient (Wildman–Crippen LogP) is 0.427. The molecular weight excluding hydrogens is 154 g/mol. The van der Waals surface area contributed by atoms with Crippen molar-refractivity contribution >= 4 is 11.7 Å². The van der Waals surface area contributed by atoms with Crippen molar-refractivity contribution in [3.05, 3.63) is 0 Å². The minimum Gasteiger partial charge on any atom is -0.370 e. The molecule has 0 radical (unpaired) electrons. The average Bonchev–Trinajstić information content (AvgIpc) is 1.84. The number of carbonyl (C=O) groups is 1. The van der Waals surface area contributed by atoms with Gasteiger partial charge in [-0.3, -0.25) is 10.2 Å². The van der Waals surface area contributed by atoms with Crippen molar-refractivity contribution in [2.75, 3.05) is 13.6 Å². The molecule has 0 aliphatic heterocycles. The summed E-state index contributed by atoms with van der Waals surface area (Å²) in [5, 5.41) is 7.03. The van der Waals surface area contributed by atoms with Crippen LogP contribution in [0.3, 0.4) is 0 Å². The molecule has 0 unspecified atom stereocenters. The van der Waals surface area contributed by atoms with Gasteiger partial charge in [-0.1, -0.05) is 13.8 Å². The molecule has 4 nitrogen and oxygen atoms in total. The lowest BCUT2D eigenvalue weighted by atomic mass is 10.1. The van der Waals surface area contributed by atoms with Gasteiger partial charge in [-0.25, -0.2) is 0 Å². The summed E-state index contributed by atoms with van der Waals surface area (Å²) in [5.74, 6) is 0.438. The van der Waals surface area contributed by atoms with Crippen molar-refractivity contribution in [1.82, 2.24) is 4.90 Å². The third-order valence-corrected chi connectivity index (χ3v) is 1.46. The van der Waals surface area contributed by atoms with Crippen molar-refractivity contribution in [3.8, 4) is 0 Å². The first kappa shape index (κ1) is 10.9. The summed E-state index contributed by atoms with van der Waals surface area (Å²) in [6.07, 6.45) is 0.553. The zero-order valence-electron chi connectivity index (χ0n) is 7.92. The maximum Gasteiger partial charge on any atom is 0.188 e. The number of rotatable bonds is 4. The van der Waals surface area contributed by atoms with Gasteiger partial charge in [0.25, 0.3) is 0 Å². The predicted molar refractivity (Wildman–Crippen MR) is 49.0 cm³/mol. The van der Waals surface area contributed by atoms with Gasteiger partial charge in [-0.2, -0.15) is 0 Å². The van der Waals surface area contributed by atoms with Gasteiger partial charge in [0.1, 0.15) is 0 Å². The highest BCUT2D eigenvalue weighted by molar-refractivity contribution is 5.85. The number of guanidine groups is 1. The van der Waals surface area contributed by atoms with Crippen molar-refractivity contribution in [1.29, 1.82) is 5.41 Å². The number of hydrogen-bond donors (Lipinski definition) is 2. The Balaban J connectivity index is 3.77. The molecule has 0 heterocycles. The number of ketones is 1. The molecule has 0 aliphatic rings. The number of likely N-dealkylation sites (N-methyl/N-ethyl adjacent to an activating group) is 1. The van der Waals surface area contributed by atoms with E-state index in [0.717, 1.165) is 0 Å². The van der Waals surface area contributed by atoms with Crippen molar-refractivity contribution < 1.29 is 4.79 Å². The van der Waals surface area contributed by atoms with Crippen LogP contribution in [0.1, 0.15) is 20.3 Å². The Hall–Kier alpha value is -1.06. The van der Waals surface area contributed by atoms with Gasteiger partial charge in [0, 0.05) is 13.5 Å². The van der Waals surface area contributed by atoms with Crippen molar-refractivity contribution in [2.45, 2.75) is 20.3 Å². The topological polar surface area (TPSA) is 70.2 Å². The maximum atomic E-state index is 11.2. The number of hydrogen-bond acceptors (Lipinski definition) is 2. The molecule has 0 atom stereocenters. The summed E-state index contributed by atoms with van der Waals surface area (Å²) in [6, 6.07) is 0. The van der Waals surface area contributed by atoms with Gasteiger partial charge in [-0.05, 0) is 5.92 Å². The summed E-state index contributed by atoms with van der Waals surface area (Å²) in [5.41, 5.74) is 5.17. The number of Topliss-reactive ketones (excluding diaryl/α,β-unsaturated/α-hetero) is 1. The van der Waals surface area contributed by atoms with Crippen LogP contribution in [0, 0.1) is 11.3 Å². The van der Waals surface area contributed by atoms with E-state index in [1.165, 1.54) is 4.90 Å². The number of nitrogens with one attached hydrogen (secondary N) is 1. The molecule has 4 heteroatoms. The quantitative estimate of drug-likeness (QED) is 0.476. The van der Waals surface area contributed by atoms with Crippen LogP contribution < -0.4 is 5.73 Å². The fraction of sp³-hybridized carbons (Fsp3) is 0.750. The summed E-state index contributed by atoms with van der Waals surface area (Å²) < 4.78 is 0. The van der Waals surface area contributed by atoms with Gasteiger partial charge >= 0.3 is 0 Å². The number of nitrogens with zero attached hydrogens (tertiary/aromatic N) is 1. The lowest BCUT2D eigenvalue weighted by molar-refractivity contribution is -0.119. The van der Waals surface area contributed by atoms with Crippen molar-refractivity contribution in [2.24, 2.45) is 11.7 Å². The Bertz CT molecular complexity index is 177. The Kier molecular flexibility index (Phi) is 4.33. The fourth-order valence-corrected chi connectivity index (χ4v) is 0.870. The zero-order valence-corrected chi connectivity index (χ0v) is 7.92. The van der Waals surface area contributed by atoms with E-state index in [9.17, 15) is 4.79 Å². The first-order chi connectivity index (χ1) is 5.43. The molecule has 0 rings (SSSR count). The Morgan fingerprint density at radius 3 is 2.42 bits per heavy atom. The molecule has 12 heavy (non-hydrogen) atoms. The van der Waals surface area contributed by atoms with Gasteiger partial charge < -0.3 is 10.6 Å². The molecule has 0 bridgehead atoms. The normalized spacial score (nSPS) is 10.0. The molecule has 0 amide bonds. The van der Waals surface area contributed by atoms with Gasteiger partial charge in [-0.15, -0.1) is 0 Å². The lowest BCUT2D eigenvalue weighted by Crippen LogP contribution is -2.37. The molecule has 0 aliphatic carbocycles. The third kappa shape index (κ3) is 4.71. The summed E-state index contributed by atoms with van der Waals surface area (Å²) in [4.78, 5) is 12.6. The maximum absolute atomic E-state index is 11.2. The van der Waals surface area contributed by atoms with E-state index in [2.05, 4.69) is 0 Å². The van der Waals surface area contributed by atoms with Crippen molar-refractivity contribution in [3.63, 3.8) is 0 Å². The second kappa shape index (κ2) is 4.74. The zero-order chi connectivity index (χ0) is 9.72. The molecule has 0 aromatic rings. The number of nitrogens with two attached hydrogens (primary N) is 1. The van der Waals surface area contributed by atoms with E-state index < -0.39 is 0 Å². The molecule has 0 fully saturated rings. The second-order valence-corrected chi connectivity index (χ2v) is 3.38. The summed E-state index contributed by atoms with van der Waals surface area (Å²) in [7, 11) is 1.64. The molecule has 0 aromatic heterocycles. The van der Waals surface area contributed by atoms with Crippen LogP contribution in [-0.2, 0) is 4.79 Å². The molecule has 0 saturated carbocycles. The Morgan fingerprint density at radius 2 is 2.08 bits per heavy atom. The largest absolute Gasteiger partial charge is 0.370 e. The van der Waals surface area contributed by atoms with E-state index >= 15 is 0 Å². The van der Waals surface area contributed by atoms with E-state index in [1.807, 2.05) is 13.8 Å². The fourth-order valence-electron chi connectivity index (χ4n) is 0.870. The molecule has 0 spiro atoms. The minimum atomic E-state index is -0.0629. The van der Waals surface area contributed by atoms with E-state index in [4.69, 9.17) is 11.1 Å². The monoisotopic (exact) mass is 171 g/mol. The standard InChI is InChI=1S/C8H17N3O/c1-6(2)4-7(12)5-11(3)8(9)10/h6H,4-5H2,1-3H3,(H3,9,10). The average molecular weight is 171 g/mol. The van der Waals surface area contributed by atoms with Gasteiger partial charge in [0.2, 0.25) is 0 Å². The molecule has 0 saturated heterocycles. The van der Waals surface area contributed by atoms with Crippen LogP contribution in [0.5, 0.6) is 0 Å². The van der Waals surface area contributed by atoms with Crippen LogP contribution in [0.15, 0.2) is 0 Å². The van der Waals surface area contributed by atoms with E-state index in [0.29, 0.717) is 12.3 Å². The SMILES string of the molecule is CC(C)CC(=O)CN(C)C(=N)N. The minimum absolute atomic E-state index is 0.0629. The molecule has 3 N–H and O–H groups in total. The lowest BCUT2D eigenvalue weighted by Gasteiger charge is -2.15. The highest BCUT2D eigenvalue weighted by atomic mass is 16.1. The first-order valence-corrected chi connectivity index (χ1v) is 4.00. The Labute approximate surface area is 73.2 Å². The van der Waals surface area contributed by atoms with Gasteiger partial charge in [0.15, 0.2) is 11.7 Å². The van der Waals surface area contributed by atoms with Crippen LogP contribution in [0.25, 0.3) is 0 Å². The molecular formula is C8H17N3O. The molecule has 70 valence electrons. The van der Waals surface area contributed by atoms with Gasteiger partial charge in [0.05, 0.1) is 6.54 Å². The van der Waals surface area contributed by atoms with Crippen LogP contribution in [-0.4, -0.2) is 30.2 Å². The van der Waals surface area contributed by atoms with E-state index in [-0.39, 0.29) is 18.3 Å². The highest BCUT2D eigenvalue weighted by Crippen LogP contribution is 2.00. The van der Waals surface area contributed by atoms with Crippen LogP contribution in [0.4, 0.5) is 0 Å². The highest BCUT2D eigenvalue weighted by Gasteiger charge is 2.08. The van der Waals surface area contributed by atoms with E-state index in [1.54, 1.807) is 7.05 Å². The Morgan fingerprint density at radius 1 is 1.58 bits per heavy atom. The number of carbonyl (C=O) groups excluding carboxylic acids is 1.